The van der Waals surface area contributed by atoms with Crippen molar-refractivity contribution in [3.8, 4) is 5.75 Å². The molecule has 192 valence electrons. The number of carbonyl (C=O) groups excluding carboxylic acids is 2. The first kappa shape index (κ1) is 24.6. The highest BCUT2D eigenvalue weighted by Gasteiger charge is 2.54. The molecular weight excluding hydrogens is 461 g/mol. The number of hydrogen-bond donors (Lipinski definition) is 0. The van der Waals surface area contributed by atoms with E-state index in [9.17, 15) is 14.0 Å². The minimum atomic E-state index is -0.762. The van der Waals surface area contributed by atoms with Crippen LogP contribution in [0.25, 0.3) is 0 Å². The molecule has 36 heavy (non-hydrogen) atoms. The van der Waals surface area contributed by atoms with Crippen LogP contribution in [0.2, 0.25) is 0 Å². The van der Waals surface area contributed by atoms with E-state index in [1.54, 1.807) is 53.3 Å². The lowest BCUT2D eigenvalue weighted by atomic mass is 9.83. The van der Waals surface area contributed by atoms with Gasteiger partial charge in [-0.2, -0.15) is 0 Å². The highest BCUT2D eigenvalue weighted by Crippen LogP contribution is 2.43. The molecule has 0 bridgehead atoms. The summed E-state index contributed by atoms with van der Waals surface area (Å²) in [6.45, 7) is 4.41. The van der Waals surface area contributed by atoms with E-state index in [4.69, 9.17) is 9.47 Å². The molecule has 0 aromatic heterocycles. The van der Waals surface area contributed by atoms with Crippen LogP contribution in [-0.2, 0) is 9.53 Å². The van der Waals surface area contributed by atoms with Gasteiger partial charge in [0.2, 0.25) is 5.91 Å². The molecule has 2 heterocycles. The van der Waals surface area contributed by atoms with E-state index in [2.05, 4.69) is 6.92 Å². The van der Waals surface area contributed by atoms with Crippen molar-refractivity contribution in [3.05, 3.63) is 59.9 Å². The number of nitrogens with zero attached hydrogens (tertiary/aromatic N) is 3. The summed E-state index contributed by atoms with van der Waals surface area (Å²) in [5.41, 5.74) is 0.279. The van der Waals surface area contributed by atoms with E-state index in [1.165, 1.54) is 6.07 Å². The standard InChI is InChI=1S/C28H34FN3O4/c1-20-10-12-28(13-11-20)32(26(33)21-6-5-7-22(18-21)35-2)25(19-36-28)27(34)31-16-14-30(15-17-31)24-9-4-3-8-23(24)29/h3-9,18,20,25H,10-17,19H2,1-2H3. The second-order valence-electron chi connectivity index (χ2n) is 10.1. The largest absolute Gasteiger partial charge is 0.497 e. The Kier molecular flexibility index (Phi) is 6.88. The maximum atomic E-state index is 14.3. The van der Waals surface area contributed by atoms with Gasteiger partial charge in [0.25, 0.3) is 5.91 Å². The lowest BCUT2D eigenvalue weighted by Gasteiger charge is -2.44. The minimum Gasteiger partial charge on any atom is -0.497 e. The fourth-order valence-corrected chi connectivity index (χ4v) is 5.75. The molecule has 1 aliphatic carbocycles. The number of ether oxygens (including phenoxy) is 2. The van der Waals surface area contributed by atoms with Gasteiger partial charge >= 0.3 is 0 Å². The summed E-state index contributed by atoms with van der Waals surface area (Å²) < 4.78 is 25.9. The molecule has 2 aromatic carbocycles. The van der Waals surface area contributed by atoms with Gasteiger partial charge < -0.3 is 19.3 Å². The number of carbonyl (C=O) groups is 2. The second kappa shape index (κ2) is 10.1. The van der Waals surface area contributed by atoms with E-state index < -0.39 is 11.8 Å². The number of para-hydroxylation sites is 1. The molecule has 1 spiro atoms. The van der Waals surface area contributed by atoms with Crippen LogP contribution in [0, 0.1) is 11.7 Å². The van der Waals surface area contributed by atoms with Gasteiger partial charge in [0, 0.05) is 31.7 Å². The number of rotatable bonds is 4. The van der Waals surface area contributed by atoms with Crippen molar-refractivity contribution in [1.82, 2.24) is 9.80 Å². The van der Waals surface area contributed by atoms with Gasteiger partial charge in [-0.3, -0.25) is 14.5 Å². The SMILES string of the molecule is COc1cccc(C(=O)N2C(C(=O)N3CCN(c4ccccc4F)CC3)COC23CCC(C)CC3)c1. The summed E-state index contributed by atoms with van der Waals surface area (Å²) in [5.74, 6) is 0.595. The van der Waals surface area contributed by atoms with Gasteiger partial charge in [0.05, 0.1) is 19.4 Å². The Labute approximate surface area is 211 Å². The molecule has 3 fully saturated rings. The van der Waals surface area contributed by atoms with Crippen molar-refractivity contribution in [2.75, 3.05) is 44.8 Å². The number of hydrogen-bond acceptors (Lipinski definition) is 5. The summed E-state index contributed by atoms with van der Waals surface area (Å²) in [6.07, 6.45) is 3.33. The average Bonchev–Trinajstić information content (AvgIpc) is 3.28. The van der Waals surface area contributed by atoms with E-state index in [1.807, 2.05) is 11.0 Å². The molecule has 8 heteroatoms. The van der Waals surface area contributed by atoms with Crippen molar-refractivity contribution in [1.29, 1.82) is 0 Å². The molecule has 3 aliphatic rings. The van der Waals surface area contributed by atoms with Crippen molar-refractivity contribution in [3.63, 3.8) is 0 Å². The van der Waals surface area contributed by atoms with Crippen LogP contribution >= 0.6 is 0 Å². The second-order valence-corrected chi connectivity index (χ2v) is 10.1. The molecule has 5 rings (SSSR count). The van der Waals surface area contributed by atoms with Crippen molar-refractivity contribution < 1.29 is 23.5 Å². The predicted octanol–water partition coefficient (Wildman–Crippen LogP) is 3.93. The maximum Gasteiger partial charge on any atom is 0.257 e. The Hall–Kier alpha value is -3.13. The summed E-state index contributed by atoms with van der Waals surface area (Å²) in [7, 11) is 1.57. The quantitative estimate of drug-likeness (QED) is 0.643. The van der Waals surface area contributed by atoms with Crippen LogP contribution in [0.15, 0.2) is 48.5 Å². The summed E-state index contributed by atoms with van der Waals surface area (Å²) in [4.78, 5) is 33.2. The van der Waals surface area contributed by atoms with Crippen LogP contribution in [0.1, 0.15) is 43.0 Å². The van der Waals surface area contributed by atoms with Gasteiger partial charge in [-0.15, -0.1) is 0 Å². The van der Waals surface area contributed by atoms with Gasteiger partial charge in [-0.05, 0) is 61.9 Å². The zero-order valence-electron chi connectivity index (χ0n) is 21.0. The Morgan fingerprint density at radius 2 is 1.75 bits per heavy atom. The Morgan fingerprint density at radius 1 is 1.03 bits per heavy atom. The number of anilines is 1. The zero-order valence-corrected chi connectivity index (χ0v) is 21.0. The Morgan fingerprint density at radius 3 is 2.44 bits per heavy atom. The first-order valence-electron chi connectivity index (χ1n) is 12.8. The number of halogens is 1. The van der Waals surface area contributed by atoms with Crippen molar-refractivity contribution >= 4 is 17.5 Å². The van der Waals surface area contributed by atoms with E-state index in [0.29, 0.717) is 61.9 Å². The first-order valence-corrected chi connectivity index (χ1v) is 12.8. The third-order valence-electron chi connectivity index (χ3n) is 7.92. The fraction of sp³-hybridized carbons (Fsp3) is 0.500. The number of amides is 2. The van der Waals surface area contributed by atoms with E-state index in [-0.39, 0.29) is 24.2 Å². The maximum absolute atomic E-state index is 14.3. The molecule has 2 amide bonds. The predicted molar refractivity (Wildman–Crippen MR) is 134 cm³/mol. The number of benzene rings is 2. The van der Waals surface area contributed by atoms with Crippen LogP contribution < -0.4 is 9.64 Å². The van der Waals surface area contributed by atoms with Crippen LogP contribution in [-0.4, -0.2) is 73.3 Å². The fourth-order valence-electron chi connectivity index (χ4n) is 5.75. The van der Waals surface area contributed by atoms with Gasteiger partial charge in [-0.1, -0.05) is 25.1 Å². The monoisotopic (exact) mass is 495 g/mol. The first-order chi connectivity index (χ1) is 17.4. The summed E-state index contributed by atoms with van der Waals surface area (Å²) in [5, 5.41) is 0. The Balaban J connectivity index is 1.37. The molecule has 2 aliphatic heterocycles. The number of methoxy groups -OCH3 is 1. The summed E-state index contributed by atoms with van der Waals surface area (Å²) in [6, 6.07) is 13.1. The van der Waals surface area contributed by atoms with E-state index >= 15 is 0 Å². The highest BCUT2D eigenvalue weighted by atomic mass is 19.1. The summed E-state index contributed by atoms with van der Waals surface area (Å²) >= 11 is 0. The normalized spacial score (nSPS) is 26.4. The van der Waals surface area contributed by atoms with Gasteiger partial charge in [-0.25, -0.2) is 4.39 Å². The Bertz CT molecular complexity index is 1110. The van der Waals surface area contributed by atoms with Crippen LogP contribution in [0.4, 0.5) is 10.1 Å². The molecule has 7 nitrogen and oxygen atoms in total. The molecule has 2 aromatic rings. The van der Waals surface area contributed by atoms with Gasteiger partial charge in [0.1, 0.15) is 23.3 Å². The highest BCUT2D eigenvalue weighted by molar-refractivity contribution is 5.98. The zero-order chi connectivity index (χ0) is 25.3. The number of piperazine rings is 1. The molecule has 2 saturated heterocycles. The molecule has 1 unspecified atom stereocenters. The minimum absolute atomic E-state index is 0.102. The third kappa shape index (κ3) is 4.54. The topological polar surface area (TPSA) is 62.3 Å². The molecule has 0 radical (unpaired) electrons. The van der Waals surface area contributed by atoms with Crippen LogP contribution in [0.3, 0.4) is 0 Å². The van der Waals surface area contributed by atoms with Crippen molar-refractivity contribution in [2.45, 2.75) is 44.4 Å². The van der Waals surface area contributed by atoms with E-state index in [0.717, 1.165) is 12.8 Å². The molecular formula is C28H34FN3O4. The smallest absolute Gasteiger partial charge is 0.257 e. The van der Waals surface area contributed by atoms with Crippen LogP contribution in [0.5, 0.6) is 5.75 Å². The average molecular weight is 496 g/mol. The third-order valence-corrected chi connectivity index (χ3v) is 7.92. The lowest BCUT2D eigenvalue weighted by Crippen LogP contribution is -2.59. The lowest BCUT2D eigenvalue weighted by molar-refractivity contribution is -0.138. The molecule has 1 atom stereocenters. The molecule has 0 N–H and O–H groups in total. The van der Waals surface area contributed by atoms with Gasteiger partial charge in [0.15, 0.2) is 0 Å². The molecule has 1 saturated carbocycles. The van der Waals surface area contributed by atoms with Crippen molar-refractivity contribution in [2.24, 2.45) is 5.92 Å².